The van der Waals surface area contributed by atoms with E-state index in [0.717, 1.165) is 16.7 Å². The predicted molar refractivity (Wildman–Crippen MR) is 132 cm³/mol. The number of aryl methyl sites for hydroxylation is 3. The van der Waals surface area contributed by atoms with Gasteiger partial charge in [0, 0.05) is 5.69 Å². The minimum Gasteiger partial charge on any atom is -0.508 e. The fourth-order valence-electron chi connectivity index (χ4n) is 4.20. The molecule has 174 valence electrons. The third kappa shape index (κ3) is 3.90. The molecule has 1 aliphatic rings. The molecule has 1 aliphatic heterocycles. The Bertz CT molecular complexity index is 1340. The Morgan fingerprint density at radius 2 is 1.65 bits per heavy atom. The summed E-state index contributed by atoms with van der Waals surface area (Å²) in [6.07, 6.45) is 0. The van der Waals surface area contributed by atoms with Gasteiger partial charge in [-0.1, -0.05) is 29.8 Å². The standard InChI is InChI=1S/C27H24ClNO5/c1-14-11-20(26(34-4)21(28)12-14)24(31)22-23(17-6-9-19(30)10-7-17)29(27(33)25(22)32)18-8-5-15(2)16(3)13-18/h5-13,23,30-31H,1-4H3/b24-22+. The van der Waals surface area contributed by atoms with Crippen LogP contribution in [0.1, 0.15) is 33.9 Å². The van der Waals surface area contributed by atoms with Crippen LogP contribution in [-0.2, 0) is 9.59 Å². The molecule has 1 heterocycles. The minimum absolute atomic E-state index is 0.0408. The van der Waals surface area contributed by atoms with E-state index in [2.05, 4.69) is 0 Å². The highest BCUT2D eigenvalue weighted by Crippen LogP contribution is 2.45. The first-order valence-corrected chi connectivity index (χ1v) is 11.0. The highest BCUT2D eigenvalue weighted by molar-refractivity contribution is 6.51. The number of rotatable bonds is 4. The number of hydrogen-bond acceptors (Lipinski definition) is 5. The van der Waals surface area contributed by atoms with E-state index in [1.807, 2.05) is 26.0 Å². The molecule has 6 nitrogen and oxygen atoms in total. The number of phenolic OH excluding ortho intramolecular Hbond substituents is 1. The summed E-state index contributed by atoms with van der Waals surface area (Å²) in [7, 11) is 1.42. The van der Waals surface area contributed by atoms with Gasteiger partial charge in [0.2, 0.25) is 0 Å². The third-order valence-electron chi connectivity index (χ3n) is 6.07. The van der Waals surface area contributed by atoms with Gasteiger partial charge in [0.25, 0.3) is 11.7 Å². The lowest BCUT2D eigenvalue weighted by atomic mass is 9.94. The zero-order chi connectivity index (χ0) is 24.7. The predicted octanol–water partition coefficient (Wildman–Crippen LogP) is 5.61. The molecule has 7 heteroatoms. The molecular weight excluding hydrogens is 454 g/mol. The van der Waals surface area contributed by atoms with Crippen LogP contribution in [0.3, 0.4) is 0 Å². The van der Waals surface area contributed by atoms with E-state index in [4.69, 9.17) is 16.3 Å². The van der Waals surface area contributed by atoms with Gasteiger partial charge in [-0.05, 0) is 79.4 Å². The fraction of sp³-hybridized carbons (Fsp3) is 0.185. The summed E-state index contributed by atoms with van der Waals surface area (Å²) < 4.78 is 5.40. The van der Waals surface area contributed by atoms with Gasteiger partial charge in [-0.25, -0.2) is 0 Å². The number of nitrogens with zero attached hydrogens (tertiary/aromatic N) is 1. The summed E-state index contributed by atoms with van der Waals surface area (Å²) in [4.78, 5) is 28.0. The second-order valence-electron chi connectivity index (χ2n) is 8.36. The van der Waals surface area contributed by atoms with Crippen molar-refractivity contribution in [2.24, 2.45) is 0 Å². The maximum Gasteiger partial charge on any atom is 0.300 e. The van der Waals surface area contributed by atoms with Crippen LogP contribution in [-0.4, -0.2) is 29.0 Å². The summed E-state index contributed by atoms with van der Waals surface area (Å²) in [5.41, 5.74) is 3.95. The van der Waals surface area contributed by atoms with Crippen molar-refractivity contribution >= 4 is 34.7 Å². The SMILES string of the molecule is COc1c(Cl)cc(C)cc1/C(O)=C1\C(=O)C(=O)N(c2ccc(C)c(C)c2)C1c1ccc(O)cc1. The van der Waals surface area contributed by atoms with Crippen LogP contribution in [0.2, 0.25) is 5.02 Å². The summed E-state index contributed by atoms with van der Waals surface area (Å²) in [5.74, 6) is -1.73. The third-order valence-corrected chi connectivity index (χ3v) is 6.35. The van der Waals surface area contributed by atoms with Crippen molar-refractivity contribution in [2.75, 3.05) is 12.0 Å². The first-order valence-electron chi connectivity index (χ1n) is 10.7. The number of phenols is 1. The molecule has 1 saturated heterocycles. The molecule has 0 radical (unpaired) electrons. The minimum atomic E-state index is -0.924. The summed E-state index contributed by atoms with van der Waals surface area (Å²) in [6.45, 7) is 5.68. The number of hydrogen-bond donors (Lipinski definition) is 2. The Morgan fingerprint density at radius 3 is 2.26 bits per heavy atom. The number of anilines is 1. The number of amides is 1. The van der Waals surface area contributed by atoms with Crippen LogP contribution in [0.5, 0.6) is 11.5 Å². The van der Waals surface area contributed by atoms with Crippen LogP contribution in [0.15, 0.2) is 60.2 Å². The van der Waals surface area contributed by atoms with Gasteiger partial charge < -0.3 is 14.9 Å². The maximum absolute atomic E-state index is 13.3. The van der Waals surface area contributed by atoms with Crippen LogP contribution in [0.25, 0.3) is 5.76 Å². The molecule has 1 amide bonds. The maximum atomic E-state index is 13.3. The molecule has 1 unspecified atom stereocenters. The summed E-state index contributed by atoms with van der Waals surface area (Å²) in [5, 5.41) is 21.5. The largest absolute Gasteiger partial charge is 0.508 e. The van der Waals surface area contributed by atoms with Crippen LogP contribution >= 0.6 is 11.6 Å². The second-order valence-corrected chi connectivity index (χ2v) is 8.76. The molecule has 3 aromatic rings. The monoisotopic (exact) mass is 477 g/mol. The van der Waals surface area contributed by atoms with Crippen molar-refractivity contribution in [3.63, 3.8) is 0 Å². The van der Waals surface area contributed by atoms with E-state index in [1.165, 1.54) is 24.1 Å². The Balaban J connectivity index is 2.01. The normalized spacial score (nSPS) is 17.3. The molecule has 34 heavy (non-hydrogen) atoms. The molecule has 4 rings (SSSR count). The zero-order valence-electron chi connectivity index (χ0n) is 19.2. The lowest BCUT2D eigenvalue weighted by Gasteiger charge is -2.26. The average molecular weight is 478 g/mol. The lowest BCUT2D eigenvalue weighted by molar-refractivity contribution is -0.132. The number of aliphatic hydroxyl groups excluding tert-OH is 1. The molecule has 3 aromatic carbocycles. The van der Waals surface area contributed by atoms with Gasteiger partial charge in [0.1, 0.15) is 17.3 Å². The Kier molecular flexibility index (Phi) is 6.11. The van der Waals surface area contributed by atoms with Crippen molar-refractivity contribution in [1.29, 1.82) is 0 Å². The quantitative estimate of drug-likeness (QED) is 0.290. The number of ether oxygens (including phenoxy) is 1. The number of benzene rings is 3. The molecule has 0 saturated carbocycles. The number of methoxy groups -OCH3 is 1. The second kappa shape index (κ2) is 8.88. The first-order chi connectivity index (χ1) is 16.1. The number of halogens is 1. The fourth-order valence-corrected chi connectivity index (χ4v) is 4.55. The Morgan fingerprint density at radius 1 is 0.971 bits per heavy atom. The topological polar surface area (TPSA) is 87.1 Å². The molecule has 0 spiro atoms. The smallest absolute Gasteiger partial charge is 0.300 e. The van der Waals surface area contributed by atoms with Crippen molar-refractivity contribution in [2.45, 2.75) is 26.8 Å². The van der Waals surface area contributed by atoms with E-state index in [0.29, 0.717) is 11.3 Å². The number of aromatic hydroxyl groups is 1. The molecule has 1 fully saturated rings. The van der Waals surface area contributed by atoms with Gasteiger partial charge in [0.15, 0.2) is 0 Å². The highest BCUT2D eigenvalue weighted by Gasteiger charge is 2.47. The van der Waals surface area contributed by atoms with Crippen LogP contribution in [0, 0.1) is 20.8 Å². The molecular formula is C27H24ClNO5. The number of ketones is 1. The number of aliphatic hydroxyl groups is 1. The first kappa shape index (κ1) is 23.4. The number of carbonyl (C=O) groups excluding carboxylic acids is 2. The number of carbonyl (C=O) groups is 2. The van der Waals surface area contributed by atoms with Gasteiger partial charge in [-0.15, -0.1) is 0 Å². The molecule has 1 atom stereocenters. The van der Waals surface area contributed by atoms with Gasteiger partial charge in [0.05, 0.1) is 29.3 Å². The Hall–Kier alpha value is -3.77. The van der Waals surface area contributed by atoms with Crippen LogP contribution < -0.4 is 9.64 Å². The molecule has 0 bridgehead atoms. The van der Waals surface area contributed by atoms with Crippen LogP contribution in [0.4, 0.5) is 5.69 Å². The van der Waals surface area contributed by atoms with Gasteiger partial charge in [-0.3, -0.25) is 14.5 Å². The van der Waals surface area contributed by atoms with E-state index in [1.54, 1.807) is 37.3 Å². The van der Waals surface area contributed by atoms with E-state index < -0.39 is 17.7 Å². The van der Waals surface area contributed by atoms with E-state index >= 15 is 0 Å². The lowest BCUT2D eigenvalue weighted by Crippen LogP contribution is -2.29. The van der Waals surface area contributed by atoms with Gasteiger partial charge in [-0.2, -0.15) is 0 Å². The van der Waals surface area contributed by atoms with Crippen molar-refractivity contribution in [3.8, 4) is 11.5 Å². The summed E-state index contributed by atoms with van der Waals surface area (Å²) >= 11 is 6.33. The molecule has 0 aliphatic carbocycles. The van der Waals surface area contributed by atoms with Crippen molar-refractivity contribution in [3.05, 3.63) is 93.0 Å². The highest BCUT2D eigenvalue weighted by atomic mass is 35.5. The van der Waals surface area contributed by atoms with Crippen molar-refractivity contribution < 1.29 is 24.5 Å². The molecule has 2 N–H and O–H groups in total. The number of Topliss-reactive ketones (excluding diaryl/α,β-unsaturated/α-hetero) is 1. The zero-order valence-corrected chi connectivity index (χ0v) is 20.0. The molecule has 0 aromatic heterocycles. The summed E-state index contributed by atoms with van der Waals surface area (Å²) in [6, 6.07) is 14.1. The average Bonchev–Trinajstić information content (AvgIpc) is 3.06. The Labute approximate surface area is 202 Å². The van der Waals surface area contributed by atoms with Gasteiger partial charge >= 0.3 is 0 Å². The van der Waals surface area contributed by atoms with E-state index in [9.17, 15) is 19.8 Å². The van der Waals surface area contributed by atoms with E-state index in [-0.39, 0.29) is 33.4 Å². The van der Waals surface area contributed by atoms with Crippen molar-refractivity contribution in [1.82, 2.24) is 0 Å².